The predicted molar refractivity (Wildman–Crippen MR) is 128 cm³/mol. The minimum absolute atomic E-state index is 0.0525. The third-order valence-corrected chi connectivity index (χ3v) is 5.08. The second-order valence-electron chi connectivity index (χ2n) is 7.12. The minimum Gasteiger partial charge on any atom is -0.325 e. The van der Waals surface area contributed by atoms with Crippen molar-refractivity contribution in [2.45, 2.75) is 6.54 Å². The molecule has 0 unspecified atom stereocenters. The number of nitro groups is 1. The second kappa shape index (κ2) is 9.46. The average molecular weight is 461 g/mol. The largest absolute Gasteiger partial charge is 0.325 e. The maximum absolute atomic E-state index is 13.1. The van der Waals surface area contributed by atoms with Crippen LogP contribution in [0.3, 0.4) is 0 Å². The molecule has 1 amide bonds. The molecule has 0 aliphatic heterocycles. The first-order valence-corrected chi connectivity index (χ1v) is 10.3. The van der Waals surface area contributed by atoms with Gasteiger partial charge in [0.1, 0.15) is 12.4 Å². The number of carbonyl (C=O) groups excluding carboxylic acids is 1. The molecule has 4 rings (SSSR count). The molecule has 0 aliphatic rings. The van der Waals surface area contributed by atoms with Crippen LogP contribution in [-0.4, -0.2) is 20.4 Å². The summed E-state index contributed by atoms with van der Waals surface area (Å²) in [5.74, 6) is -0.169. The van der Waals surface area contributed by atoms with Crippen molar-refractivity contribution in [1.82, 2.24) is 9.55 Å². The van der Waals surface area contributed by atoms with Crippen molar-refractivity contribution in [3.05, 3.63) is 110 Å². The van der Waals surface area contributed by atoms with E-state index in [1.807, 2.05) is 0 Å². The van der Waals surface area contributed by atoms with Gasteiger partial charge in [0.2, 0.25) is 5.91 Å². The number of aromatic nitrogens is 2. The molecule has 0 saturated carbocycles. The highest BCUT2D eigenvalue weighted by Gasteiger charge is 2.13. The zero-order chi connectivity index (χ0) is 23.4. The second-order valence-corrected chi connectivity index (χ2v) is 7.56. The van der Waals surface area contributed by atoms with Crippen LogP contribution in [0.15, 0.2) is 77.6 Å². The molecule has 0 spiro atoms. The number of carbonyl (C=O) groups is 1. The first kappa shape index (κ1) is 21.9. The lowest BCUT2D eigenvalue weighted by Gasteiger charge is -2.12. The smallest absolute Gasteiger partial charge is 0.270 e. The molecule has 164 valence electrons. The summed E-state index contributed by atoms with van der Waals surface area (Å²) in [5, 5.41) is 14.7. The number of nitrogens with one attached hydrogen (secondary N) is 1. The quantitative estimate of drug-likeness (QED) is 0.329. The van der Waals surface area contributed by atoms with Crippen LogP contribution in [0.4, 0.5) is 11.4 Å². The number of hydrogen-bond acceptors (Lipinski definition) is 5. The van der Waals surface area contributed by atoms with E-state index < -0.39 is 10.8 Å². The highest BCUT2D eigenvalue weighted by atomic mass is 35.5. The molecule has 3 aromatic carbocycles. The first-order valence-electron chi connectivity index (χ1n) is 9.88. The van der Waals surface area contributed by atoms with Crippen LogP contribution in [0.1, 0.15) is 11.4 Å². The Morgan fingerprint density at radius 2 is 1.82 bits per heavy atom. The molecule has 0 radical (unpaired) electrons. The van der Waals surface area contributed by atoms with Crippen molar-refractivity contribution < 1.29 is 9.72 Å². The van der Waals surface area contributed by atoms with Crippen LogP contribution in [0.25, 0.3) is 23.1 Å². The molecule has 1 aromatic heterocycles. The van der Waals surface area contributed by atoms with Crippen molar-refractivity contribution in [3.8, 4) is 0 Å². The highest BCUT2D eigenvalue weighted by Crippen LogP contribution is 2.17. The molecule has 0 bridgehead atoms. The Morgan fingerprint density at radius 1 is 1.06 bits per heavy atom. The minimum atomic E-state index is -0.483. The number of benzene rings is 3. The summed E-state index contributed by atoms with van der Waals surface area (Å²) >= 11 is 5.88. The average Bonchev–Trinajstić information content (AvgIpc) is 2.81. The van der Waals surface area contributed by atoms with Gasteiger partial charge in [-0.1, -0.05) is 41.9 Å². The number of anilines is 1. The number of fused-ring (bicyclic) bond motifs is 1. The van der Waals surface area contributed by atoms with Gasteiger partial charge >= 0.3 is 0 Å². The SMILES string of the molecule is O=C(Cn1c(/C=C/c2cccc([N+](=O)[O-])c2)nc2ccccc2c1=O)Nc1ccc(Cl)cc1. The van der Waals surface area contributed by atoms with Gasteiger partial charge in [0.05, 0.1) is 15.8 Å². The summed E-state index contributed by atoms with van der Waals surface area (Å²) in [6, 6.07) is 19.5. The molecule has 1 N–H and O–H groups in total. The van der Waals surface area contributed by atoms with Gasteiger partial charge in [-0.2, -0.15) is 0 Å². The van der Waals surface area contributed by atoms with E-state index in [0.29, 0.717) is 27.2 Å². The zero-order valence-corrected chi connectivity index (χ0v) is 17.9. The molecule has 33 heavy (non-hydrogen) atoms. The van der Waals surface area contributed by atoms with Crippen molar-refractivity contribution in [1.29, 1.82) is 0 Å². The fourth-order valence-electron chi connectivity index (χ4n) is 3.26. The molecule has 0 saturated heterocycles. The normalized spacial score (nSPS) is 11.1. The van der Waals surface area contributed by atoms with Gasteiger partial charge in [-0.25, -0.2) is 4.98 Å². The third kappa shape index (κ3) is 5.13. The van der Waals surface area contributed by atoms with E-state index in [4.69, 9.17) is 11.6 Å². The van der Waals surface area contributed by atoms with E-state index in [-0.39, 0.29) is 23.6 Å². The van der Waals surface area contributed by atoms with Crippen LogP contribution in [0.5, 0.6) is 0 Å². The molecule has 0 aliphatic carbocycles. The standard InChI is InChI=1S/C24H17ClN4O4/c25-17-9-11-18(12-10-17)26-23(30)15-28-22(27-21-7-2-1-6-20(21)24(28)31)13-8-16-4-3-5-19(14-16)29(32)33/h1-14H,15H2,(H,26,30)/b13-8+. The van der Waals surface area contributed by atoms with E-state index in [0.717, 1.165) is 0 Å². The number of nitro benzene ring substituents is 1. The van der Waals surface area contributed by atoms with E-state index in [1.54, 1.807) is 72.8 Å². The van der Waals surface area contributed by atoms with E-state index >= 15 is 0 Å². The van der Waals surface area contributed by atoms with Crippen molar-refractivity contribution in [3.63, 3.8) is 0 Å². The Balaban J connectivity index is 1.70. The van der Waals surface area contributed by atoms with Gasteiger partial charge in [-0.3, -0.25) is 24.3 Å². The molecule has 8 nitrogen and oxygen atoms in total. The van der Waals surface area contributed by atoms with Gasteiger partial charge in [0.15, 0.2) is 0 Å². The van der Waals surface area contributed by atoms with Gasteiger partial charge in [-0.15, -0.1) is 0 Å². The number of nitrogens with zero attached hydrogens (tertiary/aromatic N) is 3. The summed E-state index contributed by atoms with van der Waals surface area (Å²) in [4.78, 5) is 40.9. The summed E-state index contributed by atoms with van der Waals surface area (Å²) < 4.78 is 1.27. The highest BCUT2D eigenvalue weighted by molar-refractivity contribution is 6.30. The number of rotatable bonds is 6. The number of hydrogen-bond donors (Lipinski definition) is 1. The Hall–Kier alpha value is -4.30. The predicted octanol–water partition coefficient (Wildman–Crippen LogP) is 4.77. The summed E-state index contributed by atoms with van der Waals surface area (Å²) in [6.45, 7) is -0.270. The van der Waals surface area contributed by atoms with Gasteiger partial charge in [-0.05, 0) is 48.0 Å². The molecule has 4 aromatic rings. The van der Waals surface area contributed by atoms with Crippen LogP contribution < -0.4 is 10.9 Å². The number of non-ortho nitro benzene ring substituents is 1. The van der Waals surface area contributed by atoms with E-state index in [9.17, 15) is 19.7 Å². The maximum Gasteiger partial charge on any atom is 0.270 e. The fourth-order valence-corrected chi connectivity index (χ4v) is 3.38. The van der Waals surface area contributed by atoms with Gasteiger partial charge < -0.3 is 5.32 Å². The van der Waals surface area contributed by atoms with Crippen LogP contribution in [-0.2, 0) is 11.3 Å². The maximum atomic E-state index is 13.1. The third-order valence-electron chi connectivity index (χ3n) is 4.83. The van der Waals surface area contributed by atoms with Crippen molar-refractivity contribution >= 4 is 51.9 Å². The van der Waals surface area contributed by atoms with Gasteiger partial charge in [0.25, 0.3) is 11.2 Å². The number of halogens is 1. The first-order chi connectivity index (χ1) is 15.9. The molecule has 1 heterocycles. The van der Waals surface area contributed by atoms with Crippen LogP contribution in [0, 0.1) is 10.1 Å². The lowest BCUT2D eigenvalue weighted by atomic mass is 10.2. The summed E-state index contributed by atoms with van der Waals surface area (Å²) in [5.41, 5.74) is 1.16. The number of para-hydroxylation sites is 1. The molecular weight excluding hydrogens is 444 g/mol. The Morgan fingerprint density at radius 3 is 2.58 bits per heavy atom. The monoisotopic (exact) mass is 460 g/mol. The topological polar surface area (TPSA) is 107 Å². The Labute approximate surface area is 192 Å². The molecular formula is C24H17ClN4O4. The van der Waals surface area contributed by atoms with Crippen molar-refractivity contribution in [2.24, 2.45) is 0 Å². The molecule has 0 atom stereocenters. The lowest BCUT2D eigenvalue weighted by Crippen LogP contribution is -2.30. The Kier molecular flexibility index (Phi) is 6.28. The van der Waals surface area contributed by atoms with Crippen molar-refractivity contribution in [2.75, 3.05) is 5.32 Å². The van der Waals surface area contributed by atoms with Gasteiger partial charge in [0, 0.05) is 22.8 Å². The molecule has 9 heteroatoms. The van der Waals surface area contributed by atoms with E-state index in [2.05, 4.69) is 10.3 Å². The molecule has 0 fully saturated rings. The van der Waals surface area contributed by atoms with E-state index in [1.165, 1.54) is 16.7 Å². The summed E-state index contributed by atoms with van der Waals surface area (Å²) in [6.07, 6.45) is 3.17. The summed E-state index contributed by atoms with van der Waals surface area (Å²) in [7, 11) is 0. The zero-order valence-electron chi connectivity index (χ0n) is 17.1. The fraction of sp³-hybridized carbons (Fsp3) is 0.0417. The Bertz CT molecular complexity index is 1450. The number of amides is 1. The van der Waals surface area contributed by atoms with Crippen LogP contribution >= 0.6 is 11.6 Å². The lowest BCUT2D eigenvalue weighted by molar-refractivity contribution is -0.384. The van der Waals surface area contributed by atoms with Crippen LogP contribution in [0.2, 0.25) is 5.02 Å².